The van der Waals surface area contributed by atoms with Crippen LogP contribution in [0.1, 0.15) is 63.1 Å². The molecule has 4 aromatic rings. The van der Waals surface area contributed by atoms with Gasteiger partial charge in [0.2, 0.25) is 27.8 Å². The summed E-state index contributed by atoms with van der Waals surface area (Å²) in [6.45, 7) is 4.73. The van der Waals surface area contributed by atoms with Crippen molar-refractivity contribution in [3.8, 4) is 0 Å². The van der Waals surface area contributed by atoms with Crippen molar-refractivity contribution in [1.82, 2.24) is 30.0 Å². The van der Waals surface area contributed by atoms with Gasteiger partial charge in [-0.25, -0.2) is 17.8 Å². The Morgan fingerprint density at radius 3 is 2.23 bits per heavy atom. The van der Waals surface area contributed by atoms with Gasteiger partial charge >= 0.3 is 6.18 Å². The molecule has 3 saturated heterocycles. The monoisotopic (exact) mass is 906 g/mol. The quantitative estimate of drug-likeness (QED) is 0.133. The molecule has 0 spiro atoms. The lowest BCUT2D eigenvalue weighted by Gasteiger charge is -2.43. The Bertz CT molecular complexity index is 2580. The van der Waals surface area contributed by atoms with Crippen LogP contribution in [0.4, 0.5) is 46.4 Å². The minimum atomic E-state index is -4.73. The van der Waals surface area contributed by atoms with Crippen molar-refractivity contribution in [3.05, 3.63) is 100 Å². The number of piperazine rings is 1. The Morgan fingerprint density at radius 2 is 1.58 bits per heavy atom. The minimum Gasteiger partial charge on any atom is -0.371 e. The average Bonchev–Trinajstić information content (AvgIpc) is 3.49. The van der Waals surface area contributed by atoms with E-state index >= 15 is 4.39 Å². The maximum Gasteiger partial charge on any atom is 0.421 e. The van der Waals surface area contributed by atoms with Crippen LogP contribution >= 0.6 is 0 Å². The molecule has 1 aromatic heterocycles. The van der Waals surface area contributed by atoms with Crippen molar-refractivity contribution in [2.45, 2.75) is 57.0 Å². The fourth-order valence-electron chi connectivity index (χ4n) is 8.58. The van der Waals surface area contributed by atoms with Gasteiger partial charge in [0.15, 0.2) is 0 Å². The topological polar surface area (TPSA) is 180 Å². The smallest absolute Gasteiger partial charge is 0.371 e. The fraction of sp³-hybridized carbons (Fsp3) is 0.395. The van der Waals surface area contributed by atoms with E-state index in [2.05, 4.69) is 40.6 Å². The molecule has 4 aliphatic heterocycles. The highest BCUT2D eigenvalue weighted by atomic mass is 32.2. The molecule has 21 heteroatoms. The van der Waals surface area contributed by atoms with Gasteiger partial charge in [-0.3, -0.25) is 43.5 Å². The lowest BCUT2D eigenvalue weighted by molar-refractivity contribution is -0.138. The van der Waals surface area contributed by atoms with E-state index in [0.717, 1.165) is 66.2 Å². The van der Waals surface area contributed by atoms with Crippen molar-refractivity contribution in [1.29, 1.82) is 0 Å². The number of carbonyl (C=O) groups excluding carboxylic acids is 4. The van der Waals surface area contributed by atoms with Crippen molar-refractivity contribution >= 4 is 62.5 Å². The van der Waals surface area contributed by atoms with Crippen LogP contribution in [0, 0.1) is 5.82 Å². The molecule has 8 rings (SSSR count). The zero-order valence-corrected chi connectivity index (χ0v) is 35.8. The van der Waals surface area contributed by atoms with E-state index < -0.39 is 63.1 Å². The third-order valence-electron chi connectivity index (χ3n) is 12.2. The number of piperidine rings is 2. The van der Waals surface area contributed by atoms with Crippen molar-refractivity contribution in [2.24, 2.45) is 0 Å². The Labute approximate surface area is 366 Å². The molecule has 5 heterocycles. The van der Waals surface area contributed by atoms with Gasteiger partial charge in [0.05, 0.1) is 23.1 Å². The van der Waals surface area contributed by atoms with Gasteiger partial charge in [0, 0.05) is 95.0 Å². The first kappa shape index (κ1) is 44.4. The first-order valence-electron chi connectivity index (χ1n) is 20.8. The molecule has 3 N–H and O–H groups in total. The summed E-state index contributed by atoms with van der Waals surface area (Å²) in [6.07, 6.45) is -1.10. The number of amides is 4. The zero-order valence-electron chi connectivity index (χ0n) is 35.0. The summed E-state index contributed by atoms with van der Waals surface area (Å²) < 4.78 is 82.2. The molecule has 4 aliphatic rings. The Balaban J connectivity index is 0.822. The maximum absolute atomic E-state index is 15.3. The van der Waals surface area contributed by atoms with E-state index in [0.29, 0.717) is 47.8 Å². The molecular weight excluding hydrogens is 861 g/mol. The third-order valence-corrected chi connectivity index (χ3v) is 13.4. The Kier molecular flexibility index (Phi) is 12.3. The minimum absolute atomic E-state index is 0.00462. The summed E-state index contributed by atoms with van der Waals surface area (Å²) in [5.74, 6) is -3.69. The molecule has 64 heavy (non-hydrogen) atoms. The van der Waals surface area contributed by atoms with E-state index in [1.54, 1.807) is 24.3 Å². The number of hydrogen-bond donors (Lipinski definition) is 3. The average molecular weight is 907 g/mol. The van der Waals surface area contributed by atoms with Gasteiger partial charge < -0.3 is 15.5 Å². The summed E-state index contributed by atoms with van der Waals surface area (Å²) >= 11 is 0. The van der Waals surface area contributed by atoms with Crippen LogP contribution in [-0.4, -0.2) is 121 Å². The van der Waals surface area contributed by atoms with Crippen molar-refractivity contribution < 1.29 is 45.2 Å². The maximum atomic E-state index is 15.3. The number of carbonyl (C=O) groups is 4. The number of nitrogens with one attached hydrogen (secondary N) is 3. The number of benzene rings is 3. The molecule has 3 aromatic carbocycles. The highest BCUT2D eigenvalue weighted by molar-refractivity contribution is 7.92. The highest BCUT2D eigenvalue weighted by Crippen LogP contribution is 2.35. The SMILES string of the molecule is CN(c1cccc(CNc2nc(Nc3ccc(N4CCC(N5CCN(Cc6cc7c(cc6F)C(=O)N(C6CCC(=O)NC6=O)C7=O)CC5)CC4)cc3)ncc2C(F)(F)F)c1)S(C)(=O)=O. The second kappa shape index (κ2) is 17.8. The highest BCUT2D eigenvalue weighted by Gasteiger charge is 2.45. The van der Waals surface area contributed by atoms with Crippen LogP contribution in [0.5, 0.6) is 0 Å². The number of halogens is 4. The first-order chi connectivity index (χ1) is 30.4. The van der Waals surface area contributed by atoms with E-state index in [1.807, 2.05) is 24.3 Å². The number of hydrogen-bond acceptors (Lipinski definition) is 13. The third kappa shape index (κ3) is 9.51. The summed E-state index contributed by atoms with van der Waals surface area (Å²) in [5.41, 5.74) is 1.68. The standard InChI is InChI=1S/C43H46F4N10O6S/c1-53(64(2,62)63)31-5-3-4-26(20-31)23-48-38-34(43(45,46)47)24-49-42(52-38)50-28-6-8-29(9-7-28)55-14-12-30(13-15-55)56-18-16-54(17-19-56)25-27-21-32-33(22-35(27)44)41(61)57(40(32)60)36-10-11-37(58)51-39(36)59/h3-9,20-22,24,30,36H,10-19,23,25H2,1-2H3,(H,51,58,59)(H2,48,49,50,52). The molecule has 0 saturated carbocycles. The number of aromatic nitrogens is 2. The second-order valence-corrected chi connectivity index (χ2v) is 18.4. The van der Waals surface area contributed by atoms with Crippen LogP contribution < -0.4 is 25.2 Å². The van der Waals surface area contributed by atoms with Crippen LogP contribution in [0.25, 0.3) is 0 Å². The number of fused-ring (bicyclic) bond motifs is 1. The summed E-state index contributed by atoms with van der Waals surface area (Å²) in [4.78, 5) is 66.1. The zero-order chi connectivity index (χ0) is 45.5. The number of imide groups is 2. The molecule has 4 amide bonds. The normalized spacial score (nSPS) is 19.2. The molecule has 1 atom stereocenters. The first-order valence-corrected chi connectivity index (χ1v) is 22.6. The molecule has 1 unspecified atom stereocenters. The Hall–Kier alpha value is -6.19. The van der Waals surface area contributed by atoms with Gasteiger partial charge in [0.25, 0.3) is 11.8 Å². The molecule has 0 radical (unpaired) electrons. The number of sulfonamides is 1. The van der Waals surface area contributed by atoms with Gasteiger partial charge in [0.1, 0.15) is 23.2 Å². The summed E-state index contributed by atoms with van der Waals surface area (Å²) in [5, 5.41) is 7.89. The fourth-order valence-corrected chi connectivity index (χ4v) is 9.08. The Morgan fingerprint density at radius 1 is 0.891 bits per heavy atom. The van der Waals surface area contributed by atoms with Crippen LogP contribution in [0.15, 0.2) is 66.9 Å². The van der Waals surface area contributed by atoms with Crippen molar-refractivity contribution in [3.63, 3.8) is 0 Å². The van der Waals surface area contributed by atoms with Crippen LogP contribution in [0.3, 0.4) is 0 Å². The second-order valence-electron chi connectivity index (χ2n) is 16.3. The van der Waals surface area contributed by atoms with Gasteiger partial charge in [-0.2, -0.15) is 18.2 Å². The lowest BCUT2D eigenvalue weighted by Crippen LogP contribution is -2.54. The van der Waals surface area contributed by atoms with E-state index in [4.69, 9.17) is 0 Å². The predicted molar refractivity (Wildman–Crippen MR) is 229 cm³/mol. The van der Waals surface area contributed by atoms with Gasteiger partial charge in [-0.15, -0.1) is 0 Å². The molecule has 16 nitrogen and oxygen atoms in total. The van der Waals surface area contributed by atoms with E-state index in [9.17, 15) is 40.8 Å². The molecule has 338 valence electrons. The predicted octanol–water partition coefficient (Wildman–Crippen LogP) is 4.57. The van der Waals surface area contributed by atoms with Crippen LogP contribution in [-0.2, 0) is 38.9 Å². The van der Waals surface area contributed by atoms with Gasteiger partial charge in [-0.05, 0) is 73.4 Å². The van der Waals surface area contributed by atoms with E-state index in [-0.39, 0.29) is 43.0 Å². The number of rotatable bonds is 12. The molecule has 0 bridgehead atoms. The summed E-state index contributed by atoms with van der Waals surface area (Å²) in [6, 6.07) is 15.6. The number of alkyl halides is 3. The molecular formula is C43H46F4N10O6S. The van der Waals surface area contributed by atoms with Crippen LogP contribution in [0.2, 0.25) is 0 Å². The summed E-state index contributed by atoms with van der Waals surface area (Å²) in [7, 11) is -2.15. The van der Waals surface area contributed by atoms with E-state index in [1.165, 1.54) is 13.1 Å². The van der Waals surface area contributed by atoms with Gasteiger partial charge in [-0.1, -0.05) is 12.1 Å². The molecule has 0 aliphatic carbocycles. The lowest BCUT2D eigenvalue weighted by atomic mass is 10.0. The number of nitrogens with zero attached hydrogens (tertiary/aromatic N) is 7. The molecule has 3 fully saturated rings. The number of anilines is 5. The largest absolute Gasteiger partial charge is 0.421 e. The van der Waals surface area contributed by atoms with Crippen molar-refractivity contribution in [2.75, 3.05) is 72.4 Å².